The van der Waals surface area contributed by atoms with E-state index in [2.05, 4.69) is 0 Å². The van der Waals surface area contributed by atoms with Crippen LogP contribution in [0.5, 0.6) is 0 Å². The lowest BCUT2D eigenvalue weighted by molar-refractivity contribution is -0.115. The number of hydrogen-bond donors (Lipinski definition) is 1. The lowest BCUT2D eigenvalue weighted by Crippen LogP contribution is -2.10. The Balaban J connectivity index is 1.97. The van der Waals surface area contributed by atoms with Crippen molar-refractivity contribution in [1.29, 1.82) is 0 Å². The summed E-state index contributed by atoms with van der Waals surface area (Å²) in [7, 11) is 0. The lowest BCUT2D eigenvalue weighted by Gasteiger charge is -2.08. The number of hydrogen-bond acceptors (Lipinski definition) is 3. The predicted molar refractivity (Wildman–Crippen MR) is 44.9 cm³/mol. The largest absolute Gasteiger partial charge is 0.386 e. The monoisotopic (exact) mass is 172 g/mol. The maximum atomic E-state index is 10.1. The molecule has 3 heteroatoms. The molecule has 2 unspecified atom stereocenters. The van der Waals surface area contributed by atoms with E-state index in [0.717, 1.165) is 32.3 Å². The molecule has 70 valence electrons. The van der Waals surface area contributed by atoms with E-state index >= 15 is 0 Å². The minimum atomic E-state index is -0.772. The summed E-state index contributed by atoms with van der Waals surface area (Å²) in [4.78, 5) is 10.1. The smallest absolute Gasteiger partial charge is 0.148 e. The average Bonchev–Trinajstić information content (AvgIpc) is 2.57. The van der Waals surface area contributed by atoms with Gasteiger partial charge in [-0.2, -0.15) is 0 Å². The minimum Gasteiger partial charge on any atom is -0.386 e. The Morgan fingerprint density at radius 2 is 2.50 bits per heavy atom. The quantitative estimate of drug-likeness (QED) is 0.626. The van der Waals surface area contributed by atoms with E-state index < -0.39 is 6.10 Å². The molecule has 0 amide bonds. The number of ether oxygens (including phenoxy) is 1. The van der Waals surface area contributed by atoms with Crippen molar-refractivity contribution < 1.29 is 14.6 Å². The van der Waals surface area contributed by atoms with Crippen LogP contribution in [-0.2, 0) is 9.53 Å². The molecule has 1 N–H and O–H groups in total. The number of aldehydes is 1. The molecule has 1 aliphatic heterocycles. The molecule has 0 aromatic rings. The third kappa shape index (κ3) is 3.32. The van der Waals surface area contributed by atoms with Gasteiger partial charge in [0.15, 0.2) is 0 Å². The minimum absolute atomic E-state index is 0.379. The molecule has 0 saturated carbocycles. The fourth-order valence-corrected chi connectivity index (χ4v) is 1.49. The summed E-state index contributed by atoms with van der Waals surface area (Å²) in [5.41, 5.74) is 0. The van der Waals surface area contributed by atoms with E-state index in [4.69, 9.17) is 9.84 Å². The standard InChI is InChI=1S/C9H16O3/c10-7-8(11)3-1-4-9-5-2-6-12-9/h7-9,11H,1-6H2. The summed E-state index contributed by atoms with van der Waals surface area (Å²) in [6.07, 6.45) is 4.92. The van der Waals surface area contributed by atoms with E-state index in [9.17, 15) is 4.79 Å². The lowest BCUT2D eigenvalue weighted by atomic mass is 10.1. The molecule has 1 saturated heterocycles. The summed E-state index contributed by atoms with van der Waals surface area (Å²) in [5, 5.41) is 8.92. The van der Waals surface area contributed by atoms with Gasteiger partial charge < -0.3 is 14.6 Å². The van der Waals surface area contributed by atoms with E-state index in [1.54, 1.807) is 0 Å². The first-order chi connectivity index (χ1) is 5.83. The molecule has 0 radical (unpaired) electrons. The van der Waals surface area contributed by atoms with Crippen LogP contribution in [-0.4, -0.2) is 30.2 Å². The zero-order valence-electron chi connectivity index (χ0n) is 7.24. The summed E-state index contributed by atoms with van der Waals surface area (Å²) in [6, 6.07) is 0. The number of carbonyl (C=O) groups is 1. The highest BCUT2D eigenvalue weighted by molar-refractivity contribution is 5.55. The zero-order valence-corrected chi connectivity index (χ0v) is 7.24. The fourth-order valence-electron chi connectivity index (χ4n) is 1.49. The van der Waals surface area contributed by atoms with Gasteiger partial charge in [0, 0.05) is 6.61 Å². The maximum Gasteiger partial charge on any atom is 0.148 e. The predicted octanol–water partition coefficient (Wildman–Crippen LogP) is 0.895. The first-order valence-corrected chi connectivity index (χ1v) is 4.58. The van der Waals surface area contributed by atoms with Crippen LogP contribution in [0.15, 0.2) is 0 Å². The Bertz CT molecular complexity index is 130. The Morgan fingerprint density at radius 1 is 1.67 bits per heavy atom. The SMILES string of the molecule is O=CC(O)CCCC1CCCO1. The molecule has 1 heterocycles. The first-order valence-electron chi connectivity index (χ1n) is 4.58. The highest BCUT2D eigenvalue weighted by Crippen LogP contribution is 2.17. The van der Waals surface area contributed by atoms with Gasteiger partial charge in [0.2, 0.25) is 0 Å². The summed E-state index contributed by atoms with van der Waals surface area (Å²) < 4.78 is 5.40. The van der Waals surface area contributed by atoms with Crippen LogP contribution in [0.25, 0.3) is 0 Å². The molecule has 0 spiro atoms. The van der Waals surface area contributed by atoms with Crippen molar-refractivity contribution in [3.63, 3.8) is 0 Å². The summed E-state index contributed by atoms with van der Waals surface area (Å²) in [5.74, 6) is 0. The Morgan fingerprint density at radius 3 is 3.08 bits per heavy atom. The van der Waals surface area contributed by atoms with Gasteiger partial charge in [-0.05, 0) is 32.1 Å². The molecule has 3 nitrogen and oxygen atoms in total. The molecule has 1 fully saturated rings. The van der Waals surface area contributed by atoms with Crippen molar-refractivity contribution >= 4 is 6.29 Å². The van der Waals surface area contributed by atoms with Crippen LogP contribution < -0.4 is 0 Å². The Labute approximate surface area is 72.7 Å². The maximum absolute atomic E-state index is 10.1. The van der Waals surface area contributed by atoms with Crippen molar-refractivity contribution in [2.75, 3.05) is 6.61 Å². The summed E-state index contributed by atoms with van der Waals surface area (Å²) in [6.45, 7) is 0.876. The van der Waals surface area contributed by atoms with Gasteiger partial charge in [0.05, 0.1) is 6.10 Å². The van der Waals surface area contributed by atoms with Crippen molar-refractivity contribution in [2.45, 2.75) is 44.3 Å². The Hall–Kier alpha value is -0.410. The van der Waals surface area contributed by atoms with E-state index in [1.165, 1.54) is 0 Å². The molecular weight excluding hydrogens is 156 g/mol. The van der Waals surface area contributed by atoms with Crippen molar-refractivity contribution in [1.82, 2.24) is 0 Å². The highest BCUT2D eigenvalue weighted by atomic mass is 16.5. The van der Waals surface area contributed by atoms with Crippen LogP contribution >= 0.6 is 0 Å². The Kier molecular flexibility index (Phi) is 4.25. The van der Waals surface area contributed by atoms with Gasteiger partial charge in [0.25, 0.3) is 0 Å². The second-order valence-electron chi connectivity index (χ2n) is 3.27. The number of carbonyl (C=O) groups excluding carboxylic acids is 1. The van der Waals surface area contributed by atoms with E-state index in [0.29, 0.717) is 18.8 Å². The fraction of sp³-hybridized carbons (Fsp3) is 0.889. The highest BCUT2D eigenvalue weighted by Gasteiger charge is 2.15. The van der Waals surface area contributed by atoms with Gasteiger partial charge in [-0.1, -0.05) is 0 Å². The summed E-state index contributed by atoms with van der Waals surface area (Å²) >= 11 is 0. The first kappa shape index (κ1) is 9.68. The van der Waals surface area contributed by atoms with Gasteiger partial charge in [-0.25, -0.2) is 0 Å². The van der Waals surface area contributed by atoms with Crippen LogP contribution in [0.2, 0.25) is 0 Å². The molecule has 12 heavy (non-hydrogen) atoms. The van der Waals surface area contributed by atoms with Crippen molar-refractivity contribution in [3.05, 3.63) is 0 Å². The number of rotatable bonds is 5. The molecule has 1 aliphatic rings. The normalized spacial score (nSPS) is 25.6. The molecule has 0 aliphatic carbocycles. The number of aliphatic hydroxyl groups is 1. The van der Waals surface area contributed by atoms with Crippen LogP contribution in [0.4, 0.5) is 0 Å². The van der Waals surface area contributed by atoms with Crippen LogP contribution in [0.3, 0.4) is 0 Å². The van der Waals surface area contributed by atoms with Crippen molar-refractivity contribution in [2.24, 2.45) is 0 Å². The number of aliphatic hydroxyl groups excluding tert-OH is 1. The van der Waals surface area contributed by atoms with E-state index in [1.807, 2.05) is 0 Å². The average molecular weight is 172 g/mol. The van der Waals surface area contributed by atoms with Gasteiger partial charge in [-0.15, -0.1) is 0 Å². The molecular formula is C9H16O3. The topological polar surface area (TPSA) is 46.5 Å². The molecule has 0 bridgehead atoms. The van der Waals surface area contributed by atoms with E-state index in [-0.39, 0.29) is 0 Å². The van der Waals surface area contributed by atoms with Crippen molar-refractivity contribution in [3.8, 4) is 0 Å². The third-order valence-corrected chi connectivity index (χ3v) is 2.21. The third-order valence-electron chi connectivity index (χ3n) is 2.21. The zero-order chi connectivity index (χ0) is 8.81. The second-order valence-corrected chi connectivity index (χ2v) is 3.27. The van der Waals surface area contributed by atoms with Gasteiger partial charge >= 0.3 is 0 Å². The molecule has 1 rings (SSSR count). The van der Waals surface area contributed by atoms with Crippen LogP contribution in [0.1, 0.15) is 32.1 Å². The molecule has 0 aromatic heterocycles. The van der Waals surface area contributed by atoms with Gasteiger partial charge in [0.1, 0.15) is 12.4 Å². The molecule has 0 aromatic carbocycles. The molecule has 2 atom stereocenters. The van der Waals surface area contributed by atoms with Gasteiger partial charge in [-0.3, -0.25) is 0 Å². The van der Waals surface area contributed by atoms with Crippen LogP contribution in [0, 0.1) is 0 Å². The second kappa shape index (κ2) is 5.27.